The highest BCUT2D eigenvalue weighted by atomic mass is 35.5. The molecule has 2 atom stereocenters. The first-order chi connectivity index (χ1) is 13.5. The van der Waals surface area contributed by atoms with Gasteiger partial charge in [0, 0.05) is 47.8 Å². The molecule has 4 rings (SSSR count). The fourth-order valence-electron chi connectivity index (χ4n) is 3.83. The molecule has 1 aromatic carbocycles. The van der Waals surface area contributed by atoms with Crippen molar-refractivity contribution in [2.75, 3.05) is 31.1 Å². The summed E-state index contributed by atoms with van der Waals surface area (Å²) in [5.74, 6) is 1.98. The molecule has 2 N–H and O–H groups in total. The van der Waals surface area contributed by atoms with Gasteiger partial charge in [0.2, 0.25) is 5.91 Å². The van der Waals surface area contributed by atoms with E-state index >= 15 is 0 Å². The summed E-state index contributed by atoms with van der Waals surface area (Å²) in [5, 5.41) is 1.10. The number of fused-ring (bicyclic) bond motifs is 1. The van der Waals surface area contributed by atoms with Gasteiger partial charge in [-0.05, 0) is 31.0 Å². The van der Waals surface area contributed by atoms with E-state index in [0.29, 0.717) is 29.8 Å². The Balaban J connectivity index is 1.37. The molecule has 1 aromatic heterocycles. The van der Waals surface area contributed by atoms with Crippen molar-refractivity contribution in [3.8, 4) is 0 Å². The predicted molar refractivity (Wildman–Crippen MR) is 114 cm³/mol. The third kappa shape index (κ3) is 3.97. The second kappa shape index (κ2) is 8.27. The molecule has 1 fully saturated rings. The Kier molecular flexibility index (Phi) is 5.75. The number of rotatable bonds is 4. The van der Waals surface area contributed by atoms with E-state index in [4.69, 9.17) is 17.3 Å². The first-order valence-corrected chi connectivity index (χ1v) is 10.9. The smallest absolute Gasteiger partial charge is 0.239 e. The molecular formula is C20H24ClN5OS. The van der Waals surface area contributed by atoms with Crippen molar-refractivity contribution in [2.24, 2.45) is 5.73 Å². The fourth-order valence-corrected chi connectivity index (χ4v) is 5.00. The summed E-state index contributed by atoms with van der Waals surface area (Å²) in [5.41, 5.74) is 9.62. The Bertz CT molecular complexity index is 854. The van der Waals surface area contributed by atoms with Gasteiger partial charge in [0.05, 0.1) is 11.7 Å². The van der Waals surface area contributed by atoms with Crippen LogP contribution in [0.4, 0.5) is 5.82 Å². The number of nitrogens with zero attached hydrogens (tertiary/aromatic N) is 4. The summed E-state index contributed by atoms with van der Waals surface area (Å²) in [7, 11) is 0. The Morgan fingerprint density at radius 1 is 1.25 bits per heavy atom. The molecule has 3 heterocycles. The Morgan fingerprint density at radius 2 is 1.96 bits per heavy atom. The van der Waals surface area contributed by atoms with Gasteiger partial charge in [-0.15, -0.1) is 11.8 Å². The molecular weight excluding hydrogens is 394 g/mol. The maximum atomic E-state index is 12.8. The molecule has 6 nitrogen and oxygen atoms in total. The average molecular weight is 418 g/mol. The van der Waals surface area contributed by atoms with E-state index in [9.17, 15) is 4.79 Å². The van der Waals surface area contributed by atoms with Crippen LogP contribution in [0.5, 0.6) is 0 Å². The Hall–Kier alpha value is -1.83. The number of halogens is 1. The van der Waals surface area contributed by atoms with Crippen molar-refractivity contribution < 1.29 is 4.79 Å². The van der Waals surface area contributed by atoms with E-state index in [-0.39, 0.29) is 5.91 Å². The zero-order valence-corrected chi connectivity index (χ0v) is 17.4. The van der Waals surface area contributed by atoms with E-state index in [2.05, 4.69) is 21.8 Å². The van der Waals surface area contributed by atoms with Crippen molar-refractivity contribution in [3.05, 3.63) is 52.4 Å². The SMILES string of the molecule is CC1SCc2ncnc(N3CCN(C(=O)[C@H](N)Cc4ccc(Cl)cc4)CC3)c21. The van der Waals surface area contributed by atoms with Crippen LogP contribution in [0.1, 0.15) is 29.0 Å². The molecule has 0 saturated carbocycles. The maximum absolute atomic E-state index is 12.8. The topological polar surface area (TPSA) is 75.4 Å². The summed E-state index contributed by atoms with van der Waals surface area (Å²) >= 11 is 7.82. The lowest BCUT2D eigenvalue weighted by Gasteiger charge is -2.37. The van der Waals surface area contributed by atoms with Crippen LogP contribution in [0.25, 0.3) is 0 Å². The first kappa shape index (κ1) is 19.5. The third-order valence-electron chi connectivity index (χ3n) is 5.40. The molecule has 2 aliphatic rings. The second-order valence-electron chi connectivity index (χ2n) is 7.26. The van der Waals surface area contributed by atoms with Gasteiger partial charge in [-0.1, -0.05) is 23.7 Å². The van der Waals surface area contributed by atoms with Crippen molar-refractivity contribution >= 4 is 35.1 Å². The number of amides is 1. The highest BCUT2D eigenvalue weighted by Crippen LogP contribution is 2.44. The summed E-state index contributed by atoms with van der Waals surface area (Å²) < 4.78 is 0. The van der Waals surface area contributed by atoms with Gasteiger partial charge in [-0.3, -0.25) is 4.79 Å². The minimum Gasteiger partial charge on any atom is -0.353 e. The van der Waals surface area contributed by atoms with E-state index in [0.717, 1.165) is 35.9 Å². The fraction of sp³-hybridized carbons (Fsp3) is 0.450. The summed E-state index contributed by atoms with van der Waals surface area (Å²) in [4.78, 5) is 25.9. The molecule has 2 aliphatic heterocycles. The monoisotopic (exact) mass is 417 g/mol. The van der Waals surface area contributed by atoms with E-state index in [1.165, 1.54) is 5.56 Å². The standard InChI is InChI=1S/C20H24ClN5OS/c1-13-18-17(11-28-13)23-12-24-19(18)25-6-8-26(9-7-25)20(27)16(22)10-14-2-4-15(21)5-3-14/h2-5,12-13,16H,6-11,22H2,1H3/t13?,16-/m1/s1. The van der Waals surface area contributed by atoms with Crippen LogP contribution < -0.4 is 10.6 Å². The van der Waals surface area contributed by atoms with Crippen LogP contribution in [0, 0.1) is 0 Å². The molecule has 0 radical (unpaired) electrons. The van der Waals surface area contributed by atoms with Crippen molar-refractivity contribution in [2.45, 2.75) is 30.4 Å². The third-order valence-corrected chi connectivity index (χ3v) is 6.83. The highest BCUT2D eigenvalue weighted by Gasteiger charge is 2.30. The van der Waals surface area contributed by atoms with Gasteiger partial charge in [-0.25, -0.2) is 9.97 Å². The number of carbonyl (C=O) groups is 1. The molecule has 2 aromatic rings. The molecule has 8 heteroatoms. The predicted octanol–water partition coefficient (Wildman–Crippen LogP) is 2.66. The molecule has 148 valence electrons. The van der Waals surface area contributed by atoms with Crippen LogP contribution in [0.3, 0.4) is 0 Å². The summed E-state index contributed by atoms with van der Waals surface area (Å²) in [6.45, 7) is 5.06. The lowest BCUT2D eigenvalue weighted by molar-refractivity contribution is -0.132. The average Bonchev–Trinajstić information content (AvgIpc) is 3.10. The number of piperazine rings is 1. The number of hydrogen-bond donors (Lipinski definition) is 1. The van der Waals surface area contributed by atoms with Gasteiger partial charge < -0.3 is 15.5 Å². The van der Waals surface area contributed by atoms with E-state index in [1.54, 1.807) is 6.33 Å². The zero-order chi connectivity index (χ0) is 19.7. The lowest BCUT2D eigenvalue weighted by atomic mass is 10.1. The van der Waals surface area contributed by atoms with Gasteiger partial charge in [0.1, 0.15) is 12.1 Å². The number of benzene rings is 1. The molecule has 1 saturated heterocycles. The molecule has 0 aliphatic carbocycles. The number of nitrogens with two attached hydrogens (primary N) is 1. The van der Waals surface area contributed by atoms with Crippen LogP contribution in [0.15, 0.2) is 30.6 Å². The van der Waals surface area contributed by atoms with Gasteiger partial charge in [0.25, 0.3) is 0 Å². The van der Waals surface area contributed by atoms with Crippen molar-refractivity contribution in [1.82, 2.24) is 14.9 Å². The minimum atomic E-state index is -0.535. The quantitative estimate of drug-likeness (QED) is 0.824. The maximum Gasteiger partial charge on any atom is 0.239 e. The normalized spacial score (nSPS) is 20.2. The minimum absolute atomic E-state index is 0.00596. The second-order valence-corrected chi connectivity index (χ2v) is 9.03. The summed E-state index contributed by atoms with van der Waals surface area (Å²) in [6, 6.07) is 6.95. The van der Waals surface area contributed by atoms with Crippen LogP contribution in [-0.2, 0) is 17.0 Å². The molecule has 1 amide bonds. The molecule has 1 unspecified atom stereocenters. The first-order valence-electron chi connectivity index (χ1n) is 9.52. The van der Waals surface area contributed by atoms with E-state index in [1.807, 2.05) is 40.9 Å². The van der Waals surface area contributed by atoms with Gasteiger partial charge in [0.15, 0.2) is 0 Å². The largest absolute Gasteiger partial charge is 0.353 e. The van der Waals surface area contributed by atoms with Gasteiger partial charge in [-0.2, -0.15) is 0 Å². The van der Waals surface area contributed by atoms with Crippen LogP contribution >= 0.6 is 23.4 Å². The van der Waals surface area contributed by atoms with Crippen molar-refractivity contribution in [3.63, 3.8) is 0 Å². The Labute approximate surface area is 174 Å². The summed E-state index contributed by atoms with van der Waals surface area (Å²) in [6.07, 6.45) is 2.18. The highest BCUT2D eigenvalue weighted by molar-refractivity contribution is 7.99. The number of anilines is 1. The number of thioether (sulfide) groups is 1. The van der Waals surface area contributed by atoms with Gasteiger partial charge >= 0.3 is 0 Å². The molecule has 0 bridgehead atoms. The van der Waals surface area contributed by atoms with E-state index < -0.39 is 6.04 Å². The lowest BCUT2D eigenvalue weighted by Crippen LogP contribution is -2.54. The number of aromatic nitrogens is 2. The molecule has 28 heavy (non-hydrogen) atoms. The van der Waals surface area contributed by atoms with Crippen LogP contribution in [0.2, 0.25) is 5.02 Å². The number of carbonyl (C=O) groups excluding carboxylic acids is 1. The zero-order valence-electron chi connectivity index (χ0n) is 15.8. The van der Waals surface area contributed by atoms with Crippen molar-refractivity contribution in [1.29, 1.82) is 0 Å². The molecule has 0 spiro atoms. The van der Waals surface area contributed by atoms with Crippen LogP contribution in [-0.4, -0.2) is 53.0 Å². The number of hydrogen-bond acceptors (Lipinski definition) is 6. The Morgan fingerprint density at radius 3 is 2.68 bits per heavy atom.